The van der Waals surface area contributed by atoms with E-state index in [9.17, 15) is 9.59 Å². The number of carbonyl (C=O) groups is 1. The number of nitrogens with zero attached hydrogens (tertiary/aromatic N) is 2. The molecule has 3 rings (SSSR count). The Labute approximate surface area is 171 Å². The highest BCUT2D eigenvalue weighted by atomic mass is 16.1. The lowest BCUT2D eigenvalue weighted by Crippen LogP contribution is -2.24. The van der Waals surface area contributed by atoms with E-state index >= 15 is 0 Å². The number of hydrogen-bond donors (Lipinski definition) is 2. The third-order valence-corrected chi connectivity index (χ3v) is 4.77. The molecule has 6 nitrogen and oxygen atoms in total. The number of fused-ring (bicyclic) bond motifs is 1. The van der Waals surface area contributed by atoms with E-state index in [1.807, 2.05) is 38.1 Å². The Kier molecular flexibility index (Phi) is 6.44. The number of hydrogen-bond acceptors (Lipinski definition) is 4. The summed E-state index contributed by atoms with van der Waals surface area (Å²) >= 11 is 0. The maximum Gasteiger partial charge on any atom is 0.265 e. The van der Waals surface area contributed by atoms with Crippen molar-refractivity contribution in [2.75, 3.05) is 13.1 Å². The summed E-state index contributed by atoms with van der Waals surface area (Å²) in [6.07, 6.45) is 1.53. The van der Waals surface area contributed by atoms with Gasteiger partial charge in [0.15, 0.2) is 0 Å². The molecule has 0 spiro atoms. The van der Waals surface area contributed by atoms with Crippen molar-refractivity contribution < 1.29 is 4.79 Å². The van der Waals surface area contributed by atoms with Crippen molar-refractivity contribution in [2.24, 2.45) is 5.92 Å². The molecule has 2 aromatic carbocycles. The van der Waals surface area contributed by atoms with Crippen molar-refractivity contribution >= 4 is 16.8 Å². The van der Waals surface area contributed by atoms with Crippen LogP contribution < -0.4 is 16.2 Å². The second-order valence-electron chi connectivity index (χ2n) is 7.66. The molecule has 0 aliphatic carbocycles. The number of nitrogens with one attached hydrogen (secondary N) is 2. The Balaban J connectivity index is 2.02. The minimum absolute atomic E-state index is 0.142. The summed E-state index contributed by atoms with van der Waals surface area (Å²) in [5, 5.41) is 6.76. The Morgan fingerprint density at radius 3 is 2.69 bits per heavy atom. The maximum atomic E-state index is 13.2. The summed E-state index contributed by atoms with van der Waals surface area (Å²) < 4.78 is 1.52. The molecule has 0 atom stereocenters. The van der Waals surface area contributed by atoms with Crippen LogP contribution in [0.15, 0.2) is 47.5 Å². The van der Waals surface area contributed by atoms with Gasteiger partial charge in [-0.1, -0.05) is 26.0 Å². The molecular weight excluding hydrogens is 364 g/mol. The lowest BCUT2D eigenvalue weighted by Gasteiger charge is -2.12. The zero-order chi connectivity index (χ0) is 21.0. The number of rotatable bonds is 7. The molecule has 29 heavy (non-hydrogen) atoms. The standard InChI is InChI=1S/C23H28N4O2/c1-5-25-22(28)18-8-6-16(4)21(11-18)27-14-26-20-9-7-17(10-19(20)23(27)29)13-24-12-15(2)3/h6-11,14-15,24H,5,12-13H2,1-4H3,(H,25,28). The van der Waals surface area contributed by atoms with Gasteiger partial charge in [0.2, 0.25) is 0 Å². The van der Waals surface area contributed by atoms with Gasteiger partial charge in [0.05, 0.1) is 16.6 Å². The van der Waals surface area contributed by atoms with E-state index in [0.29, 0.717) is 41.2 Å². The van der Waals surface area contributed by atoms with Gasteiger partial charge in [-0.2, -0.15) is 0 Å². The van der Waals surface area contributed by atoms with Gasteiger partial charge in [0.25, 0.3) is 11.5 Å². The highest BCUT2D eigenvalue weighted by Crippen LogP contribution is 2.17. The first-order valence-electron chi connectivity index (χ1n) is 10.0. The van der Waals surface area contributed by atoms with E-state index in [2.05, 4.69) is 29.5 Å². The van der Waals surface area contributed by atoms with Gasteiger partial charge >= 0.3 is 0 Å². The quantitative estimate of drug-likeness (QED) is 0.647. The lowest BCUT2D eigenvalue weighted by atomic mass is 10.1. The first kappa shape index (κ1) is 20.7. The number of aromatic nitrogens is 2. The van der Waals surface area contributed by atoms with Gasteiger partial charge in [0.1, 0.15) is 6.33 Å². The SMILES string of the molecule is CCNC(=O)c1ccc(C)c(-n2cnc3ccc(CNCC(C)C)cc3c2=O)c1. The average Bonchev–Trinajstić information content (AvgIpc) is 2.69. The molecule has 0 saturated carbocycles. The summed E-state index contributed by atoms with van der Waals surface area (Å²) in [4.78, 5) is 29.9. The fraction of sp³-hybridized carbons (Fsp3) is 0.348. The van der Waals surface area contributed by atoms with E-state index in [1.54, 1.807) is 12.1 Å². The molecule has 0 unspecified atom stereocenters. The molecule has 0 saturated heterocycles. The second-order valence-corrected chi connectivity index (χ2v) is 7.66. The number of benzene rings is 2. The third kappa shape index (κ3) is 4.71. The molecule has 152 valence electrons. The predicted octanol–water partition coefficient (Wildman–Crippen LogP) is 3.19. The molecule has 6 heteroatoms. The van der Waals surface area contributed by atoms with Crippen LogP contribution in [0.4, 0.5) is 0 Å². The molecule has 0 radical (unpaired) electrons. The molecule has 0 fully saturated rings. The van der Waals surface area contributed by atoms with E-state index in [0.717, 1.165) is 17.7 Å². The lowest BCUT2D eigenvalue weighted by molar-refractivity contribution is 0.0956. The van der Waals surface area contributed by atoms with Crippen LogP contribution in [-0.4, -0.2) is 28.5 Å². The Hall–Kier alpha value is -2.99. The van der Waals surface area contributed by atoms with Gasteiger partial charge in [-0.3, -0.25) is 14.2 Å². The summed E-state index contributed by atoms with van der Waals surface area (Å²) in [5.41, 5.74) is 3.65. The second kappa shape index (κ2) is 9.01. The minimum Gasteiger partial charge on any atom is -0.352 e. The maximum absolute atomic E-state index is 13.2. The molecule has 1 heterocycles. The van der Waals surface area contributed by atoms with Crippen LogP contribution in [0.25, 0.3) is 16.6 Å². The van der Waals surface area contributed by atoms with E-state index in [1.165, 1.54) is 10.9 Å². The normalized spacial score (nSPS) is 11.2. The van der Waals surface area contributed by atoms with Crippen LogP contribution in [0, 0.1) is 12.8 Å². The van der Waals surface area contributed by atoms with Gasteiger partial charge in [-0.25, -0.2) is 4.98 Å². The molecule has 2 N–H and O–H groups in total. The summed E-state index contributed by atoms with van der Waals surface area (Å²) in [6, 6.07) is 11.1. The third-order valence-electron chi connectivity index (χ3n) is 4.77. The first-order chi connectivity index (χ1) is 13.9. The van der Waals surface area contributed by atoms with Crippen molar-refractivity contribution in [3.63, 3.8) is 0 Å². The Morgan fingerprint density at radius 1 is 1.17 bits per heavy atom. The molecule has 3 aromatic rings. The molecule has 0 aliphatic rings. The van der Waals surface area contributed by atoms with Gasteiger partial charge in [0, 0.05) is 18.7 Å². The minimum atomic E-state index is -0.158. The number of carbonyl (C=O) groups excluding carboxylic acids is 1. The van der Waals surface area contributed by atoms with Crippen molar-refractivity contribution in [1.29, 1.82) is 0 Å². The first-order valence-corrected chi connectivity index (χ1v) is 10.0. The van der Waals surface area contributed by atoms with E-state index in [-0.39, 0.29) is 11.5 Å². The number of aryl methyl sites for hydroxylation is 1. The van der Waals surface area contributed by atoms with Gasteiger partial charge < -0.3 is 10.6 Å². The van der Waals surface area contributed by atoms with Crippen LogP contribution in [0.1, 0.15) is 42.3 Å². The van der Waals surface area contributed by atoms with Crippen LogP contribution in [0.2, 0.25) is 0 Å². The summed E-state index contributed by atoms with van der Waals surface area (Å²) in [6.45, 7) is 10.3. The Morgan fingerprint density at radius 2 is 1.97 bits per heavy atom. The van der Waals surface area contributed by atoms with Crippen molar-refractivity contribution in [3.05, 3.63) is 69.8 Å². The monoisotopic (exact) mass is 392 g/mol. The predicted molar refractivity (Wildman–Crippen MR) is 117 cm³/mol. The van der Waals surface area contributed by atoms with Crippen LogP contribution in [0.3, 0.4) is 0 Å². The molecule has 1 aromatic heterocycles. The van der Waals surface area contributed by atoms with Crippen LogP contribution in [0.5, 0.6) is 0 Å². The smallest absolute Gasteiger partial charge is 0.265 e. The molecule has 0 bridgehead atoms. The molecular formula is C23H28N4O2. The zero-order valence-corrected chi connectivity index (χ0v) is 17.5. The summed E-state index contributed by atoms with van der Waals surface area (Å²) in [7, 11) is 0. The van der Waals surface area contributed by atoms with Crippen LogP contribution >= 0.6 is 0 Å². The highest BCUT2D eigenvalue weighted by Gasteiger charge is 2.12. The highest BCUT2D eigenvalue weighted by molar-refractivity contribution is 5.94. The average molecular weight is 393 g/mol. The van der Waals surface area contributed by atoms with Crippen LogP contribution in [-0.2, 0) is 6.54 Å². The fourth-order valence-corrected chi connectivity index (χ4v) is 3.23. The molecule has 0 aliphatic heterocycles. The largest absolute Gasteiger partial charge is 0.352 e. The zero-order valence-electron chi connectivity index (χ0n) is 17.5. The summed E-state index contributed by atoms with van der Waals surface area (Å²) in [5.74, 6) is 0.406. The van der Waals surface area contributed by atoms with Gasteiger partial charge in [-0.15, -0.1) is 0 Å². The van der Waals surface area contributed by atoms with Gasteiger partial charge in [-0.05, 0) is 61.7 Å². The molecule has 1 amide bonds. The van der Waals surface area contributed by atoms with Crippen molar-refractivity contribution in [1.82, 2.24) is 20.2 Å². The fourth-order valence-electron chi connectivity index (χ4n) is 3.23. The van der Waals surface area contributed by atoms with E-state index in [4.69, 9.17) is 0 Å². The Bertz CT molecular complexity index is 1090. The van der Waals surface area contributed by atoms with Crippen molar-refractivity contribution in [3.8, 4) is 5.69 Å². The topological polar surface area (TPSA) is 76.0 Å². The van der Waals surface area contributed by atoms with E-state index < -0.39 is 0 Å². The number of amides is 1. The van der Waals surface area contributed by atoms with Crippen molar-refractivity contribution in [2.45, 2.75) is 34.2 Å².